The summed E-state index contributed by atoms with van der Waals surface area (Å²) >= 11 is 0. The van der Waals surface area contributed by atoms with Crippen molar-refractivity contribution in [1.82, 2.24) is 4.57 Å². The molecule has 0 radical (unpaired) electrons. The maximum absolute atomic E-state index is 6.34. The molecule has 2 aliphatic carbocycles. The van der Waals surface area contributed by atoms with Gasteiger partial charge in [-0.15, -0.1) is 0 Å². The highest BCUT2D eigenvalue weighted by Gasteiger charge is 2.59. The van der Waals surface area contributed by atoms with Crippen LogP contribution in [-0.2, 0) is 8.85 Å². The normalized spacial score (nSPS) is 40.6. The van der Waals surface area contributed by atoms with E-state index < -0.39 is 8.72 Å². The second-order valence-corrected chi connectivity index (χ2v) is 11.3. The fraction of sp³-hybridized carbons (Fsp3) is 1.00. The van der Waals surface area contributed by atoms with Gasteiger partial charge in [-0.3, -0.25) is 4.57 Å². The molecule has 5 atom stereocenters. The number of fused-ring (bicyclic) bond motifs is 1. The van der Waals surface area contributed by atoms with E-state index in [0.717, 1.165) is 11.8 Å². The summed E-state index contributed by atoms with van der Waals surface area (Å²) in [4.78, 5) is 0. The molecule has 0 bridgehead atoms. The Morgan fingerprint density at radius 3 is 2.05 bits per heavy atom. The van der Waals surface area contributed by atoms with Crippen LogP contribution in [0, 0.1) is 11.8 Å². The van der Waals surface area contributed by atoms with Crippen LogP contribution >= 0.6 is 0 Å². The fourth-order valence-corrected chi connectivity index (χ4v) is 10.6. The number of piperidine rings is 1. The first-order valence-corrected chi connectivity index (χ1v) is 11.4. The van der Waals surface area contributed by atoms with Crippen LogP contribution in [0.4, 0.5) is 0 Å². The predicted molar refractivity (Wildman–Crippen MR) is 92.8 cm³/mol. The number of hydrogen-bond donors (Lipinski definition) is 0. The summed E-state index contributed by atoms with van der Waals surface area (Å²) in [6, 6.07) is 1.22. The molecular weight excluding hydrogens is 290 g/mol. The second kappa shape index (κ2) is 6.92. The largest absolute Gasteiger partial charge is 0.431 e. The van der Waals surface area contributed by atoms with Gasteiger partial charge in [0.25, 0.3) is 0 Å². The average Bonchev–Trinajstić information content (AvgIpc) is 2.96. The lowest BCUT2D eigenvalue weighted by atomic mass is 9.82. The molecule has 2 saturated carbocycles. The first kappa shape index (κ1) is 16.9. The van der Waals surface area contributed by atoms with E-state index >= 15 is 0 Å². The van der Waals surface area contributed by atoms with Gasteiger partial charge in [-0.05, 0) is 57.8 Å². The maximum Gasteiger partial charge on any atom is 0.431 e. The standard InChI is InChI=1S/C18H35NO2Si/c1-14-8-7-9-15(2)19(14)22(20-3,21-4)18-13-12-16-10-5-6-11-17(16)18/h14-18H,5-13H2,1-4H3. The average molecular weight is 326 g/mol. The minimum Gasteiger partial charge on any atom is -0.386 e. The molecular formula is C18H35NO2Si. The molecule has 0 aromatic carbocycles. The van der Waals surface area contributed by atoms with Crippen molar-refractivity contribution in [2.24, 2.45) is 11.8 Å². The Morgan fingerprint density at radius 1 is 0.773 bits per heavy atom. The lowest BCUT2D eigenvalue weighted by Gasteiger charge is -2.51. The van der Waals surface area contributed by atoms with Crippen molar-refractivity contribution in [3.8, 4) is 0 Å². The van der Waals surface area contributed by atoms with Gasteiger partial charge in [-0.2, -0.15) is 0 Å². The Morgan fingerprint density at radius 2 is 1.41 bits per heavy atom. The van der Waals surface area contributed by atoms with Crippen molar-refractivity contribution >= 4 is 8.72 Å². The van der Waals surface area contributed by atoms with Crippen LogP contribution in [0.5, 0.6) is 0 Å². The Balaban J connectivity index is 1.90. The van der Waals surface area contributed by atoms with Crippen molar-refractivity contribution in [1.29, 1.82) is 0 Å². The number of rotatable bonds is 4. The van der Waals surface area contributed by atoms with E-state index in [1.54, 1.807) is 0 Å². The summed E-state index contributed by atoms with van der Waals surface area (Å²) in [5.74, 6) is 1.81. The molecule has 3 rings (SSSR count). The van der Waals surface area contributed by atoms with E-state index in [-0.39, 0.29) is 0 Å². The van der Waals surface area contributed by atoms with Crippen LogP contribution in [0.2, 0.25) is 5.54 Å². The number of hydrogen-bond acceptors (Lipinski definition) is 3. The van der Waals surface area contributed by atoms with E-state index in [9.17, 15) is 0 Å². The van der Waals surface area contributed by atoms with Crippen LogP contribution in [0.15, 0.2) is 0 Å². The van der Waals surface area contributed by atoms with Crippen molar-refractivity contribution in [2.45, 2.75) is 89.3 Å². The molecule has 0 N–H and O–H groups in total. The third-order valence-corrected chi connectivity index (χ3v) is 11.4. The van der Waals surface area contributed by atoms with Crippen molar-refractivity contribution < 1.29 is 8.85 Å². The Hall–Kier alpha value is 0.0969. The molecule has 0 aromatic rings. The first-order chi connectivity index (χ1) is 10.6. The summed E-state index contributed by atoms with van der Waals surface area (Å²) in [6.07, 6.45) is 12.4. The van der Waals surface area contributed by atoms with Gasteiger partial charge in [-0.25, -0.2) is 0 Å². The molecule has 1 aliphatic heterocycles. The molecule has 0 aromatic heterocycles. The molecule has 1 heterocycles. The molecule has 22 heavy (non-hydrogen) atoms. The predicted octanol–water partition coefficient (Wildman–Crippen LogP) is 4.45. The molecule has 0 amide bonds. The van der Waals surface area contributed by atoms with Crippen molar-refractivity contribution in [3.63, 3.8) is 0 Å². The zero-order valence-electron chi connectivity index (χ0n) is 15.0. The monoisotopic (exact) mass is 325 g/mol. The van der Waals surface area contributed by atoms with Crippen molar-refractivity contribution in [3.05, 3.63) is 0 Å². The molecule has 3 nitrogen and oxygen atoms in total. The maximum atomic E-state index is 6.34. The summed E-state index contributed by atoms with van der Waals surface area (Å²) < 4.78 is 15.4. The SMILES string of the molecule is CO[Si](OC)(C1CCC2CCCCC21)N1C(C)CCCC1C. The summed E-state index contributed by atoms with van der Waals surface area (Å²) in [7, 11) is 1.55. The smallest absolute Gasteiger partial charge is 0.386 e. The molecule has 1 saturated heterocycles. The highest BCUT2D eigenvalue weighted by molar-refractivity contribution is 6.66. The third-order valence-electron chi connectivity index (χ3n) is 6.94. The van der Waals surface area contributed by atoms with E-state index in [4.69, 9.17) is 8.85 Å². The van der Waals surface area contributed by atoms with E-state index in [2.05, 4.69) is 18.4 Å². The minimum absolute atomic E-state index is 0.609. The minimum atomic E-state index is -2.31. The molecule has 128 valence electrons. The van der Waals surface area contributed by atoms with Crippen LogP contribution < -0.4 is 0 Å². The van der Waals surface area contributed by atoms with Gasteiger partial charge in [-0.1, -0.05) is 25.7 Å². The van der Waals surface area contributed by atoms with Gasteiger partial charge in [0.1, 0.15) is 0 Å². The Labute approximate surface area is 138 Å². The van der Waals surface area contributed by atoms with Gasteiger partial charge >= 0.3 is 8.72 Å². The third kappa shape index (κ3) is 2.70. The van der Waals surface area contributed by atoms with Crippen molar-refractivity contribution in [2.75, 3.05) is 14.2 Å². The van der Waals surface area contributed by atoms with Gasteiger partial charge < -0.3 is 8.85 Å². The number of nitrogens with zero attached hydrogens (tertiary/aromatic N) is 1. The van der Waals surface area contributed by atoms with E-state index in [1.165, 1.54) is 57.8 Å². The molecule has 3 aliphatic rings. The summed E-state index contributed by atoms with van der Waals surface area (Å²) in [5, 5.41) is 0. The van der Waals surface area contributed by atoms with Crippen LogP contribution in [0.25, 0.3) is 0 Å². The highest BCUT2D eigenvalue weighted by atomic mass is 28.4. The molecule has 4 heteroatoms. The van der Waals surface area contributed by atoms with Gasteiger partial charge in [0, 0.05) is 31.8 Å². The molecule has 3 fully saturated rings. The highest BCUT2D eigenvalue weighted by Crippen LogP contribution is 2.54. The summed E-state index contributed by atoms with van der Waals surface area (Å²) in [6.45, 7) is 4.78. The molecule has 0 spiro atoms. The Kier molecular flexibility index (Phi) is 5.33. The van der Waals surface area contributed by atoms with E-state index in [0.29, 0.717) is 17.6 Å². The lowest BCUT2D eigenvalue weighted by molar-refractivity contribution is 0.0721. The quantitative estimate of drug-likeness (QED) is 0.713. The molecule has 5 unspecified atom stereocenters. The van der Waals surface area contributed by atoms with Crippen LogP contribution in [0.1, 0.15) is 71.6 Å². The second-order valence-electron chi connectivity index (χ2n) is 7.97. The Bertz CT molecular complexity index is 364. The fourth-order valence-electron chi connectivity index (χ4n) is 6.01. The topological polar surface area (TPSA) is 21.7 Å². The van der Waals surface area contributed by atoms with Crippen LogP contribution in [-0.4, -0.2) is 39.6 Å². The summed E-state index contributed by atoms with van der Waals surface area (Å²) in [5.41, 5.74) is 0.677. The van der Waals surface area contributed by atoms with Crippen LogP contribution in [0.3, 0.4) is 0 Å². The first-order valence-electron chi connectivity index (χ1n) is 9.52. The zero-order chi connectivity index (χ0) is 15.7. The van der Waals surface area contributed by atoms with Gasteiger partial charge in [0.2, 0.25) is 0 Å². The lowest BCUT2D eigenvalue weighted by Crippen LogP contribution is -2.67. The van der Waals surface area contributed by atoms with Gasteiger partial charge in [0.05, 0.1) is 0 Å². The van der Waals surface area contributed by atoms with E-state index in [1.807, 2.05) is 14.2 Å². The van der Waals surface area contributed by atoms with Gasteiger partial charge in [0.15, 0.2) is 0 Å². The zero-order valence-corrected chi connectivity index (χ0v) is 16.0.